The van der Waals surface area contributed by atoms with E-state index in [1.807, 2.05) is 35.2 Å². The number of aliphatic hydroxyl groups is 1. The highest BCUT2D eigenvalue weighted by Crippen LogP contribution is 2.49. The van der Waals surface area contributed by atoms with Crippen molar-refractivity contribution in [2.45, 2.75) is 43.7 Å². The van der Waals surface area contributed by atoms with Crippen molar-refractivity contribution in [1.29, 1.82) is 0 Å². The number of para-hydroxylation sites is 1. The third kappa shape index (κ3) is 2.85. The van der Waals surface area contributed by atoms with Crippen molar-refractivity contribution in [2.75, 3.05) is 24.6 Å². The van der Waals surface area contributed by atoms with E-state index in [4.69, 9.17) is 0 Å². The Morgan fingerprint density at radius 1 is 1.14 bits per heavy atom. The Hall–Kier alpha value is -2.24. The van der Waals surface area contributed by atoms with Gasteiger partial charge in [0.25, 0.3) is 5.91 Å². The summed E-state index contributed by atoms with van der Waals surface area (Å²) in [7, 11) is 0. The van der Waals surface area contributed by atoms with Crippen molar-refractivity contribution in [3.8, 4) is 0 Å². The Labute approximate surface area is 166 Å². The molecule has 0 spiro atoms. The molecule has 2 aliphatic heterocycles. The molecule has 0 unspecified atom stereocenters. The van der Waals surface area contributed by atoms with Crippen LogP contribution in [0.1, 0.15) is 47.5 Å². The molecule has 0 bridgehead atoms. The SMILES string of the molecule is O=C(c1cccnc1)N1C[C@@H]2[C@H](c3ccccc31)[C@@H](CO)N2CC1CCCC1. The van der Waals surface area contributed by atoms with Gasteiger partial charge in [-0.3, -0.25) is 14.7 Å². The number of aliphatic hydroxyl groups excluding tert-OH is 1. The molecule has 1 amide bonds. The molecule has 1 N–H and O–H groups in total. The topological polar surface area (TPSA) is 56.7 Å². The van der Waals surface area contributed by atoms with Gasteiger partial charge >= 0.3 is 0 Å². The number of rotatable bonds is 4. The Bertz CT molecular complexity index is 850. The van der Waals surface area contributed by atoms with Crippen LogP contribution < -0.4 is 4.90 Å². The fourth-order valence-electron chi connectivity index (χ4n) is 5.56. The van der Waals surface area contributed by atoms with Gasteiger partial charge in [-0.1, -0.05) is 31.0 Å². The Balaban J connectivity index is 1.47. The monoisotopic (exact) mass is 377 g/mol. The van der Waals surface area contributed by atoms with Crippen molar-refractivity contribution in [2.24, 2.45) is 5.92 Å². The number of hydrogen-bond acceptors (Lipinski definition) is 4. The summed E-state index contributed by atoms with van der Waals surface area (Å²) in [5.74, 6) is 1.04. The summed E-state index contributed by atoms with van der Waals surface area (Å²) in [5, 5.41) is 10.1. The van der Waals surface area contributed by atoms with Gasteiger partial charge in [-0.05, 0) is 42.5 Å². The molecule has 3 heterocycles. The van der Waals surface area contributed by atoms with Gasteiger partial charge in [0.15, 0.2) is 0 Å². The first-order chi connectivity index (χ1) is 13.8. The minimum atomic E-state index is 0.00673. The van der Waals surface area contributed by atoms with E-state index in [2.05, 4.69) is 16.0 Å². The smallest absolute Gasteiger partial charge is 0.259 e. The first-order valence-electron chi connectivity index (χ1n) is 10.5. The van der Waals surface area contributed by atoms with Crippen LogP contribution in [0.2, 0.25) is 0 Å². The minimum Gasteiger partial charge on any atom is -0.395 e. The second kappa shape index (κ2) is 7.30. The molecule has 5 rings (SSSR count). The number of pyridine rings is 1. The predicted molar refractivity (Wildman–Crippen MR) is 108 cm³/mol. The third-order valence-corrected chi connectivity index (χ3v) is 6.92. The van der Waals surface area contributed by atoms with E-state index >= 15 is 0 Å². The van der Waals surface area contributed by atoms with Crippen LogP contribution in [0.3, 0.4) is 0 Å². The molecule has 1 aromatic heterocycles. The molecule has 2 aromatic rings. The highest BCUT2D eigenvalue weighted by Gasteiger charge is 2.53. The van der Waals surface area contributed by atoms with Gasteiger partial charge in [0, 0.05) is 49.2 Å². The van der Waals surface area contributed by atoms with Crippen LogP contribution in [0.15, 0.2) is 48.8 Å². The van der Waals surface area contributed by atoms with Gasteiger partial charge in [0.1, 0.15) is 0 Å². The third-order valence-electron chi connectivity index (χ3n) is 6.92. The molecule has 1 saturated heterocycles. The van der Waals surface area contributed by atoms with Crippen LogP contribution in [0.5, 0.6) is 0 Å². The molecule has 146 valence electrons. The van der Waals surface area contributed by atoms with E-state index in [1.165, 1.54) is 31.2 Å². The quantitative estimate of drug-likeness (QED) is 0.890. The van der Waals surface area contributed by atoms with Crippen molar-refractivity contribution in [3.05, 3.63) is 59.9 Å². The van der Waals surface area contributed by atoms with Gasteiger partial charge in [0.05, 0.1) is 12.2 Å². The van der Waals surface area contributed by atoms with Crippen LogP contribution in [-0.2, 0) is 0 Å². The maximum atomic E-state index is 13.3. The van der Waals surface area contributed by atoms with Crippen molar-refractivity contribution in [3.63, 3.8) is 0 Å². The zero-order valence-corrected chi connectivity index (χ0v) is 16.1. The summed E-state index contributed by atoms with van der Waals surface area (Å²) in [6, 6.07) is 12.3. The maximum Gasteiger partial charge on any atom is 0.259 e. The Morgan fingerprint density at radius 3 is 2.71 bits per heavy atom. The number of aromatic nitrogens is 1. The lowest BCUT2D eigenvalue weighted by molar-refractivity contribution is -0.0513. The number of hydrogen-bond donors (Lipinski definition) is 1. The van der Waals surface area contributed by atoms with Crippen LogP contribution in [0.4, 0.5) is 5.69 Å². The summed E-state index contributed by atoms with van der Waals surface area (Å²) in [6.07, 6.45) is 8.57. The maximum absolute atomic E-state index is 13.3. The molecule has 3 atom stereocenters. The predicted octanol–water partition coefficient (Wildman–Crippen LogP) is 3.06. The summed E-state index contributed by atoms with van der Waals surface area (Å²) in [5.41, 5.74) is 2.80. The summed E-state index contributed by atoms with van der Waals surface area (Å²) in [6.45, 7) is 1.90. The molecule has 1 aliphatic carbocycles. The van der Waals surface area contributed by atoms with Crippen LogP contribution in [0, 0.1) is 5.92 Å². The van der Waals surface area contributed by atoms with E-state index < -0.39 is 0 Å². The van der Waals surface area contributed by atoms with Crippen molar-refractivity contribution >= 4 is 11.6 Å². The second-order valence-electron chi connectivity index (χ2n) is 8.41. The van der Waals surface area contributed by atoms with Gasteiger partial charge in [-0.15, -0.1) is 0 Å². The largest absolute Gasteiger partial charge is 0.395 e. The van der Waals surface area contributed by atoms with Crippen molar-refractivity contribution in [1.82, 2.24) is 9.88 Å². The molecule has 1 aromatic carbocycles. The molecular weight excluding hydrogens is 350 g/mol. The number of benzene rings is 1. The number of likely N-dealkylation sites (tertiary alicyclic amines) is 1. The van der Waals surface area contributed by atoms with E-state index in [1.54, 1.807) is 12.4 Å². The average molecular weight is 377 g/mol. The average Bonchev–Trinajstić information content (AvgIpc) is 3.25. The molecule has 5 nitrogen and oxygen atoms in total. The van der Waals surface area contributed by atoms with Gasteiger partial charge < -0.3 is 10.0 Å². The molecular formula is C23H27N3O2. The summed E-state index contributed by atoms with van der Waals surface area (Å²) < 4.78 is 0. The molecule has 3 aliphatic rings. The summed E-state index contributed by atoms with van der Waals surface area (Å²) >= 11 is 0. The lowest BCUT2D eigenvalue weighted by atomic mass is 9.71. The standard InChI is InChI=1S/C23H27N3O2/c27-15-21-22-18-9-3-4-10-19(18)26(23(28)17-8-5-11-24-12-17)14-20(22)25(21)13-16-6-1-2-7-16/h3-5,8-12,16,20-22,27H,1-2,6-7,13-15H2/t20-,21-,22+/m1/s1. The number of anilines is 1. The van der Waals surface area contributed by atoms with E-state index in [9.17, 15) is 9.90 Å². The fraction of sp³-hybridized carbons (Fsp3) is 0.478. The molecule has 1 saturated carbocycles. The molecule has 28 heavy (non-hydrogen) atoms. The van der Waals surface area contributed by atoms with Gasteiger partial charge in [-0.2, -0.15) is 0 Å². The number of carbonyl (C=O) groups excluding carboxylic acids is 1. The lowest BCUT2D eigenvalue weighted by Gasteiger charge is -2.59. The number of fused-ring (bicyclic) bond motifs is 3. The van der Waals surface area contributed by atoms with Crippen molar-refractivity contribution < 1.29 is 9.90 Å². The molecule has 2 fully saturated rings. The highest BCUT2D eigenvalue weighted by atomic mass is 16.3. The lowest BCUT2D eigenvalue weighted by Crippen LogP contribution is -2.69. The molecule has 0 radical (unpaired) electrons. The number of carbonyl (C=O) groups is 1. The normalized spacial score (nSPS) is 27.2. The highest BCUT2D eigenvalue weighted by molar-refractivity contribution is 6.06. The minimum absolute atomic E-state index is 0.00673. The van der Waals surface area contributed by atoms with E-state index in [0.717, 1.165) is 18.2 Å². The molecule has 5 heteroatoms. The van der Waals surface area contributed by atoms with E-state index in [0.29, 0.717) is 18.0 Å². The van der Waals surface area contributed by atoms with Crippen LogP contribution in [0.25, 0.3) is 0 Å². The number of nitrogens with zero attached hydrogens (tertiary/aromatic N) is 3. The Morgan fingerprint density at radius 2 is 1.96 bits per heavy atom. The zero-order valence-electron chi connectivity index (χ0n) is 16.1. The van der Waals surface area contributed by atoms with Crippen LogP contribution >= 0.6 is 0 Å². The van der Waals surface area contributed by atoms with Crippen LogP contribution in [-0.4, -0.2) is 52.7 Å². The fourth-order valence-corrected chi connectivity index (χ4v) is 5.56. The first-order valence-corrected chi connectivity index (χ1v) is 10.5. The Kier molecular flexibility index (Phi) is 4.65. The van der Waals surface area contributed by atoms with Gasteiger partial charge in [0.2, 0.25) is 0 Å². The number of amides is 1. The summed E-state index contributed by atoms with van der Waals surface area (Å²) in [4.78, 5) is 21.8. The second-order valence-corrected chi connectivity index (χ2v) is 8.41. The van der Waals surface area contributed by atoms with E-state index in [-0.39, 0.29) is 24.6 Å². The first kappa shape index (κ1) is 17.8. The van der Waals surface area contributed by atoms with Gasteiger partial charge in [-0.25, -0.2) is 0 Å². The zero-order chi connectivity index (χ0) is 19.1.